The summed E-state index contributed by atoms with van der Waals surface area (Å²) >= 11 is 0. The Morgan fingerprint density at radius 3 is 2.50 bits per heavy atom. The summed E-state index contributed by atoms with van der Waals surface area (Å²) in [6, 6.07) is 8.27. The normalized spacial score (nSPS) is 13.1. The maximum Gasteiger partial charge on any atom is 0.121 e. The second-order valence-electron chi connectivity index (χ2n) is 6.55. The fourth-order valence-electron chi connectivity index (χ4n) is 1.97. The first-order valence-electron chi connectivity index (χ1n) is 7.51. The summed E-state index contributed by atoms with van der Waals surface area (Å²) in [5.74, 6) is 0.949. The van der Waals surface area contributed by atoms with Gasteiger partial charge in [-0.3, -0.25) is 0 Å². The van der Waals surface area contributed by atoms with Gasteiger partial charge in [0.25, 0.3) is 0 Å². The molecule has 0 saturated carbocycles. The number of ether oxygens (including phenoxy) is 1. The van der Waals surface area contributed by atoms with Crippen LogP contribution < -0.4 is 15.0 Å². The third kappa shape index (κ3) is 6.29. The lowest BCUT2D eigenvalue weighted by Gasteiger charge is -2.26. The van der Waals surface area contributed by atoms with E-state index in [1.165, 1.54) is 5.69 Å². The number of hydrogen-bond acceptors (Lipinski definition) is 3. The highest BCUT2D eigenvalue weighted by Crippen LogP contribution is 2.21. The molecule has 1 aromatic rings. The van der Waals surface area contributed by atoms with Gasteiger partial charge in [-0.2, -0.15) is 0 Å². The molecule has 0 aliphatic carbocycles. The van der Waals surface area contributed by atoms with Gasteiger partial charge in [0.1, 0.15) is 11.9 Å². The fourth-order valence-corrected chi connectivity index (χ4v) is 1.97. The van der Waals surface area contributed by atoms with E-state index in [1.54, 1.807) is 0 Å². The number of rotatable bonds is 7. The molecule has 3 heteroatoms. The van der Waals surface area contributed by atoms with E-state index in [-0.39, 0.29) is 11.6 Å². The molecular weight excluding hydrogens is 248 g/mol. The number of benzene rings is 1. The molecule has 0 heterocycles. The summed E-state index contributed by atoms with van der Waals surface area (Å²) in [6.45, 7) is 9.63. The minimum atomic E-state index is 0.126. The molecule has 0 aliphatic heterocycles. The van der Waals surface area contributed by atoms with Crippen LogP contribution in [0.1, 0.15) is 40.5 Å². The maximum absolute atomic E-state index is 6.15. The van der Waals surface area contributed by atoms with Gasteiger partial charge in [-0.05, 0) is 39.3 Å². The molecule has 20 heavy (non-hydrogen) atoms. The van der Waals surface area contributed by atoms with E-state index in [4.69, 9.17) is 4.74 Å². The van der Waals surface area contributed by atoms with Crippen molar-refractivity contribution < 1.29 is 4.74 Å². The highest BCUT2D eigenvalue weighted by molar-refractivity contribution is 5.49. The van der Waals surface area contributed by atoms with E-state index in [1.807, 2.05) is 26.2 Å². The van der Waals surface area contributed by atoms with Crippen molar-refractivity contribution in [1.82, 2.24) is 5.32 Å². The first-order chi connectivity index (χ1) is 9.31. The van der Waals surface area contributed by atoms with Crippen LogP contribution in [0.4, 0.5) is 5.69 Å². The molecule has 114 valence electrons. The van der Waals surface area contributed by atoms with Crippen molar-refractivity contribution in [2.24, 2.45) is 0 Å². The van der Waals surface area contributed by atoms with Crippen LogP contribution in [0.2, 0.25) is 0 Å². The quantitative estimate of drug-likeness (QED) is 0.823. The van der Waals surface area contributed by atoms with Gasteiger partial charge in [-0.25, -0.2) is 0 Å². The second kappa shape index (κ2) is 7.53. The standard InChI is InChI=1S/C17H30N2O/c1-7-9-16(13-18-17(2,3)4)20-15-11-8-10-14(12-15)19(5)6/h8,10-12,16,18H,7,9,13H2,1-6H3. The molecule has 1 atom stereocenters. The number of nitrogens with zero attached hydrogens (tertiary/aromatic N) is 1. The van der Waals surface area contributed by atoms with Crippen LogP contribution in [0.25, 0.3) is 0 Å². The van der Waals surface area contributed by atoms with Gasteiger partial charge >= 0.3 is 0 Å². The molecule has 0 radical (unpaired) electrons. The molecule has 0 bridgehead atoms. The highest BCUT2D eigenvalue weighted by atomic mass is 16.5. The zero-order chi connectivity index (χ0) is 15.2. The molecule has 3 nitrogen and oxygen atoms in total. The Morgan fingerprint density at radius 2 is 1.95 bits per heavy atom. The average molecular weight is 278 g/mol. The minimum absolute atomic E-state index is 0.126. The molecule has 0 saturated heterocycles. The predicted molar refractivity (Wildman–Crippen MR) is 87.8 cm³/mol. The lowest BCUT2D eigenvalue weighted by molar-refractivity contribution is 0.175. The zero-order valence-electron chi connectivity index (χ0n) is 13.9. The van der Waals surface area contributed by atoms with Crippen molar-refractivity contribution in [1.29, 1.82) is 0 Å². The largest absolute Gasteiger partial charge is 0.489 e. The van der Waals surface area contributed by atoms with Crippen molar-refractivity contribution in [3.05, 3.63) is 24.3 Å². The first-order valence-corrected chi connectivity index (χ1v) is 7.51. The van der Waals surface area contributed by atoms with Crippen LogP contribution >= 0.6 is 0 Å². The summed E-state index contributed by atoms with van der Waals surface area (Å²) in [7, 11) is 4.09. The van der Waals surface area contributed by atoms with Gasteiger partial charge in [0.2, 0.25) is 0 Å². The fraction of sp³-hybridized carbons (Fsp3) is 0.647. The lowest BCUT2D eigenvalue weighted by atomic mass is 10.1. The zero-order valence-corrected chi connectivity index (χ0v) is 13.9. The summed E-state index contributed by atoms with van der Waals surface area (Å²) in [5, 5.41) is 3.53. The molecular formula is C17H30N2O. The van der Waals surface area contributed by atoms with Gasteiger partial charge in [0, 0.05) is 37.9 Å². The lowest BCUT2D eigenvalue weighted by Crippen LogP contribution is -2.42. The number of anilines is 1. The van der Waals surface area contributed by atoms with Gasteiger partial charge in [0.05, 0.1) is 0 Å². The molecule has 0 spiro atoms. The topological polar surface area (TPSA) is 24.5 Å². The van der Waals surface area contributed by atoms with Crippen LogP contribution in [0.5, 0.6) is 5.75 Å². The minimum Gasteiger partial charge on any atom is -0.489 e. The molecule has 0 aromatic heterocycles. The average Bonchev–Trinajstić information content (AvgIpc) is 2.35. The molecule has 0 aliphatic rings. The first kappa shape index (κ1) is 16.8. The molecule has 0 fully saturated rings. The van der Waals surface area contributed by atoms with Crippen molar-refractivity contribution in [2.45, 2.75) is 52.2 Å². The Hall–Kier alpha value is -1.22. The Labute approximate surface area is 124 Å². The second-order valence-corrected chi connectivity index (χ2v) is 6.55. The maximum atomic E-state index is 6.15. The monoisotopic (exact) mass is 278 g/mol. The SMILES string of the molecule is CCCC(CNC(C)(C)C)Oc1cccc(N(C)C)c1. The van der Waals surface area contributed by atoms with Crippen LogP contribution in [-0.2, 0) is 0 Å². The van der Waals surface area contributed by atoms with Crippen LogP contribution in [0.15, 0.2) is 24.3 Å². The smallest absolute Gasteiger partial charge is 0.121 e. The summed E-state index contributed by atoms with van der Waals surface area (Å²) < 4.78 is 6.15. The van der Waals surface area contributed by atoms with Crippen LogP contribution in [0, 0.1) is 0 Å². The number of hydrogen-bond donors (Lipinski definition) is 1. The Morgan fingerprint density at radius 1 is 1.25 bits per heavy atom. The van der Waals surface area contributed by atoms with Crippen LogP contribution in [-0.4, -0.2) is 32.3 Å². The van der Waals surface area contributed by atoms with Gasteiger partial charge in [-0.15, -0.1) is 0 Å². The summed E-state index contributed by atoms with van der Waals surface area (Å²) in [4.78, 5) is 2.09. The Kier molecular flexibility index (Phi) is 6.34. The number of nitrogens with one attached hydrogen (secondary N) is 1. The molecule has 1 N–H and O–H groups in total. The summed E-state index contributed by atoms with van der Waals surface area (Å²) in [6.07, 6.45) is 2.41. The van der Waals surface area contributed by atoms with E-state index in [0.717, 1.165) is 25.1 Å². The third-order valence-corrected chi connectivity index (χ3v) is 3.11. The van der Waals surface area contributed by atoms with Gasteiger partial charge in [-0.1, -0.05) is 19.4 Å². The third-order valence-electron chi connectivity index (χ3n) is 3.11. The molecule has 1 rings (SSSR count). The molecule has 0 amide bonds. The predicted octanol–water partition coefficient (Wildman–Crippen LogP) is 3.69. The Balaban J connectivity index is 2.67. The van der Waals surface area contributed by atoms with E-state index in [2.05, 4.69) is 50.0 Å². The highest BCUT2D eigenvalue weighted by Gasteiger charge is 2.15. The van der Waals surface area contributed by atoms with Crippen molar-refractivity contribution in [2.75, 3.05) is 25.5 Å². The molecule has 1 aromatic carbocycles. The Bertz CT molecular complexity index is 396. The van der Waals surface area contributed by atoms with Crippen molar-refractivity contribution in [3.63, 3.8) is 0 Å². The van der Waals surface area contributed by atoms with E-state index in [0.29, 0.717) is 0 Å². The molecule has 1 unspecified atom stereocenters. The van der Waals surface area contributed by atoms with Crippen LogP contribution in [0.3, 0.4) is 0 Å². The van der Waals surface area contributed by atoms with Crippen molar-refractivity contribution >= 4 is 5.69 Å². The van der Waals surface area contributed by atoms with E-state index < -0.39 is 0 Å². The van der Waals surface area contributed by atoms with E-state index in [9.17, 15) is 0 Å². The van der Waals surface area contributed by atoms with Crippen molar-refractivity contribution in [3.8, 4) is 5.75 Å². The van der Waals surface area contributed by atoms with Gasteiger partial charge in [0.15, 0.2) is 0 Å². The van der Waals surface area contributed by atoms with E-state index >= 15 is 0 Å². The summed E-state index contributed by atoms with van der Waals surface area (Å²) in [5.41, 5.74) is 1.29. The van der Waals surface area contributed by atoms with Gasteiger partial charge < -0.3 is 15.0 Å².